The highest BCUT2D eigenvalue weighted by molar-refractivity contribution is 6.32. The fourth-order valence-electron chi connectivity index (χ4n) is 1.39. The van der Waals surface area contributed by atoms with Crippen LogP contribution in [0.15, 0.2) is 36.9 Å². The molecule has 0 atom stereocenters. The van der Waals surface area contributed by atoms with Gasteiger partial charge in [0.1, 0.15) is 11.3 Å². The van der Waals surface area contributed by atoms with Crippen LogP contribution in [0, 0.1) is 10.1 Å². The van der Waals surface area contributed by atoms with Crippen LogP contribution in [0.2, 0.25) is 5.02 Å². The second-order valence-electron chi connectivity index (χ2n) is 3.52. The molecule has 0 fully saturated rings. The minimum Gasteiger partial charge on any atom is -0.381 e. The molecule has 0 radical (unpaired) electrons. The number of nitrogens with one attached hydrogen (secondary N) is 1. The van der Waals surface area contributed by atoms with Gasteiger partial charge in [0.25, 0.3) is 5.69 Å². The van der Waals surface area contributed by atoms with Crippen molar-refractivity contribution in [1.29, 1.82) is 0 Å². The molecule has 1 N–H and O–H groups in total. The van der Waals surface area contributed by atoms with Crippen LogP contribution in [0.1, 0.15) is 5.56 Å². The largest absolute Gasteiger partial charge is 0.381 e. The van der Waals surface area contributed by atoms with Crippen molar-refractivity contribution in [1.82, 2.24) is 9.97 Å². The van der Waals surface area contributed by atoms with Crippen molar-refractivity contribution in [3.05, 3.63) is 57.6 Å². The second kappa shape index (κ2) is 5.42. The summed E-state index contributed by atoms with van der Waals surface area (Å²) in [6, 6.07) is 4.56. The van der Waals surface area contributed by atoms with Crippen molar-refractivity contribution >= 4 is 23.0 Å². The van der Waals surface area contributed by atoms with Gasteiger partial charge in [-0.25, -0.2) is 9.97 Å². The van der Waals surface area contributed by atoms with Gasteiger partial charge < -0.3 is 5.32 Å². The van der Waals surface area contributed by atoms with Crippen LogP contribution in [0.25, 0.3) is 0 Å². The molecule has 6 nitrogen and oxygen atoms in total. The van der Waals surface area contributed by atoms with Gasteiger partial charge in [0.2, 0.25) is 0 Å². The third-order valence-electron chi connectivity index (χ3n) is 2.25. The molecule has 1 aromatic carbocycles. The van der Waals surface area contributed by atoms with Gasteiger partial charge in [-0.05, 0) is 12.1 Å². The fourth-order valence-corrected chi connectivity index (χ4v) is 1.57. The summed E-state index contributed by atoms with van der Waals surface area (Å²) >= 11 is 5.72. The van der Waals surface area contributed by atoms with E-state index in [2.05, 4.69) is 15.3 Å². The van der Waals surface area contributed by atoms with Crippen LogP contribution in [-0.2, 0) is 6.54 Å². The summed E-state index contributed by atoms with van der Waals surface area (Å²) in [6.45, 7) is 0.486. The zero-order chi connectivity index (χ0) is 13.0. The number of anilines is 1. The van der Waals surface area contributed by atoms with Crippen LogP contribution in [0.3, 0.4) is 0 Å². The van der Waals surface area contributed by atoms with Gasteiger partial charge in [-0.15, -0.1) is 0 Å². The molecule has 1 heterocycles. The summed E-state index contributed by atoms with van der Waals surface area (Å²) in [5, 5.41) is 13.9. The highest BCUT2D eigenvalue weighted by Crippen LogP contribution is 2.27. The molecular formula is C11H9ClN4O2. The van der Waals surface area contributed by atoms with E-state index in [0.29, 0.717) is 12.2 Å². The first kappa shape index (κ1) is 12.3. The predicted octanol–water partition coefficient (Wildman–Crippen LogP) is 2.65. The molecule has 1 aromatic heterocycles. The maximum Gasteiger partial charge on any atom is 0.289 e. The quantitative estimate of drug-likeness (QED) is 0.678. The van der Waals surface area contributed by atoms with E-state index in [9.17, 15) is 10.1 Å². The number of nitro groups is 1. The Morgan fingerprint density at radius 2 is 2.06 bits per heavy atom. The van der Waals surface area contributed by atoms with E-state index >= 15 is 0 Å². The molecule has 0 bridgehead atoms. The molecule has 18 heavy (non-hydrogen) atoms. The zero-order valence-electron chi connectivity index (χ0n) is 9.21. The number of hydrogen-bond acceptors (Lipinski definition) is 5. The number of rotatable bonds is 4. The molecule has 0 aliphatic rings. The molecule has 0 unspecified atom stereocenters. The van der Waals surface area contributed by atoms with Gasteiger partial charge in [0, 0.05) is 36.3 Å². The van der Waals surface area contributed by atoms with E-state index in [0.717, 1.165) is 5.56 Å². The Labute approximate surface area is 108 Å². The number of benzene rings is 1. The first-order chi connectivity index (χ1) is 8.66. The molecule has 0 aliphatic carbocycles. The monoisotopic (exact) mass is 264 g/mol. The summed E-state index contributed by atoms with van der Waals surface area (Å²) in [5.74, 6) is 0. The summed E-state index contributed by atoms with van der Waals surface area (Å²) in [7, 11) is 0. The van der Waals surface area contributed by atoms with Crippen molar-refractivity contribution < 1.29 is 4.92 Å². The maximum atomic E-state index is 10.7. The minimum absolute atomic E-state index is 0.119. The van der Waals surface area contributed by atoms with Crippen molar-refractivity contribution in [2.24, 2.45) is 0 Å². The molecule has 92 valence electrons. The van der Waals surface area contributed by atoms with Crippen LogP contribution >= 0.6 is 11.6 Å². The fraction of sp³-hybridized carbons (Fsp3) is 0.0909. The topological polar surface area (TPSA) is 81.0 Å². The zero-order valence-corrected chi connectivity index (χ0v) is 9.96. The number of nitro benzene ring substituents is 1. The average Bonchev–Trinajstić information content (AvgIpc) is 2.38. The summed E-state index contributed by atoms with van der Waals surface area (Å²) < 4.78 is 0. The van der Waals surface area contributed by atoms with Crippen molar-refractivity contribution in [3.8, 4) is 0 Å². The molecule has 0 spiro atoms. The van der Waals surface area contributed by atoms with Crippen molar-refractivity contribution in [3.63, 3.8) is 0 Å². The number of nitrogens with zero attached hydrogens (tertiary/aromatic N) is 3. The van der Waals surface area contributed by atoms with Gasteiger partial charge >= 0.3 is 0 Å². The highest BCUT2D eigenvalue weighted by atomic mass is 35.5. The van der Waals surface area contributed by atoms with Crippen LogP contribution in [-0.4, -0.2) is 14.9 Å². The summed E-state index contributed by atoms with van der Waals surface area (Å²) in [6.07, 6.45) is 4.78. The third-order valence-corrected chi connectivity index (χ3v) is 2.57. The lowest BCUT2D eigenvalue weighted by molar-refractivity contribution is -0.384. The number of halogens is 1. The SMILES string of the molecule is O=[N+]([O-])c1cc(NCc2cncnc2)ccc1Cl. The Kier molecular flexibility index (Phi) is 3.69. The van der Waals surface area contributed by atoms with E-state index in [-0.39, 0.29) is 10.7 Å². The molecular weight excluding hydrogens is 256 g/mol. The Bertz CT molecular complexity index is 562. The lowest BCUT2D eigenvalue weighted by Gasteiger charge is -2.06. The first-order valence-electron chi connectivity index (χ1n) is 5.08. The van der Waals surface area contributed by atoms with Gasteiger partial charge in [0.15, 0.2) is 0 Å². The lowest BCUT2D eigenvalue weighted by Crippen LogP contribution is -2.01. The van der Waals surface area contributed by atoms with E-state index in [1.54, 1.807) is 18.5 Å². The van der Waals surface area contributed by atoms with Gasteiger partial charge in [0.05, 0.1) is 4.92 Å². The van der Waals surface area contributed by atoms with Gasteiger partial charge in [-0.1, -0.05) is 11.6 Å². The number of aromatic nitrogens is 2. The molecule has 2 rings (SSSR count). The van der Waals surface area contributed by atoms with Crippen LogP contribution in [0.4, 0.5) is 11.4 Å². The van der Waals surface area contributed by atoms with E-state index < -0.39 is 4.92 Å². The van der Waals surface area contributed by atoms with E-state index in [1.807, 2.05) is 0 Å². The molecule has 0 amide bonds. The first-order valence-corrected chi connectivity index (χ1v) is 5.46. The lowest BCUT2D eigenvalue weighted by atomic mass is 10.2. The Morgan fingerprint density at radius 3 is 2.72 bits per heavy atom. The van der Waals surface area contributed by atoms with Crippen LogP contribution in [0.5, 0.6) is 0 Å². The Hall–Kier alpha value is -2.21. The van der Waals surface area contributed by atoms with E-state index in [1.165, 1.54) is 18.5 Å². The van der Waals surface area contributed by atoms with Crippen molar-refractivity contribution in [2.45, 2.75) is 6.54 Å². The average molecular weight is 265 g/mol. The standard InChI is InChI=1S/C11H9ClN4O2/c12-10-2-1-9(3-11(10)16(17)18)15-6-8-4-13-7-14-5-8/h1-5,7,15H,6H2. The summed E-state index contributed by atoms with van der Waals surface area (Å²) in [4.78, 5) is 18.0. The van der Waals surface area contributed by atoms with E-state index in [4.69, 9.17) is 11.6 Å². The molecule has 0 saturated heterocycles. The maximum absolute atomic E-state index is 10.7. The smallest absolute Gasteiger partial charge is 0.289 e. The third kappa shape index (κ3) is 2.92. The normalized spacial score (nSPS) is 10.1. The molecule has 0 saturated carbocycles. The summed E-state index contributed by atoms with van der Waals surface area (Å²) in [5.41, 5.74) is 1.39. The van der Waals surface area contributed by atoms with Crippen LogP contribution < -0.4 is 5.32 Å². The predicted molar refractivity (Wildman–Crippen MR) is 67.5 cm³/mol. The van der Waals surface area contributed by atoms with Gasteiger partial charge in [-0.2, -0.15) is 0 Å². The highest BCUT2D eigenvalue weighted by Gasteiger charge is 2.12. The minimum atomic E-state index is -0.515. The van der Waals surface area contributed by atoms with Crippen molar-refractivity contribution in [2.75, 3.05) is 5.32 Å². The molecule has 0 aliphatic heterocycles. The van der Waals surface area contributed by atoms with Gasteiger partial charge in [-0.3, -0.25) is 10.1 Å². The molecule has 2 aromatic rings. The number of hydrogen-bond donors (Lipinski definition) is 1. The Morgan fingerprint density at radius 1 is 1.33 bits per heavy atom. The second-order valence-corrected chi connectivity index (χ2v) is 3.93. The Balaban J connectivity index is 2.11. The molecule has 7 heteroatoms.